The van der Waals surface area contributed by atoms with Crippen molar-refractivity contribution in [1.82, 2.24) is 0 Å². The van der Waals surface area contributed by atoms with Crippen LogP contribution in [0.15, 0.2) is 22.8 Å². The van der Waals surface area contributed by atoms with Crippen molar-refractivity contribution in [3.8, 4) is 0 Å². The van der Waals surface area contributed by atoms with Crippen LogP contribution in [0.25, 0.3) is 0 Å². The molecule has 1 aromatic heterocycles. The van der Waals surface area contributed by atoms with Crippen LogP contribution in [-0.4, -0.2) is 5.97 Å². The standard InChI is InChI=1S/C9H12O4/c1-2-4-9(10)13-12-7-8-5-3-6-11-8/h3,5-6H,2,4,7H2,1H3. The van der Waals surface area contributed by atoms with Crippen molar-refractivity contribution in [2.24, 2.45) is 0 Å². The van der Waals surface area contributed by atoms with E-state index in [4.69, 9.17) is 4.42 Å². The van der Waals surface area contributed by atoms with Crippen molar-refractivity contribution in [2.45, 2.75) is 26.4 Å². The van der Waals surface area contributed by atoms with Crippen molar-refractivity contribution < 1.29 is 19.0 Å². The van der Waals surface area contributed by atoms with Gasteiger partial charge in [0.05, 0.1) is 6.26 Å². The van der Waals surface area contributed by atoms with E-state index in [1.807, 2.05) is 6.92 Å². The van der Waals surface area contributed by atoms with Crippen LogP contribution in [0, 0.1) is 0 Å². The molecule has 1 heterocycles. The Hall–Kier alpha value is -1.29. The molecule has 4 heteroatoms. The summed E-state index contributed by atoms with van der Waals surface area (Å²) in [7, 11) is 0. The molecule has 1 rings (SSSR count). The molecule has 1 aromatic rings. The van der Waals surface area contributed by atoms with Gasteiger partial charge in [-0.2, -0.15) is 4.89 Å². The van der Waals surface area contributed by atoms with E-state index < -0.39 is 0 Å². The Morgan fingerprint density at radius 2 is 2.46 bits per heavy atom. The van der Waals surface area contributed by atoms with Crippen LogP contribution in [0.5, 0.6) is 0 Å². The predicted octanol–water partition coefficient (Wildman–Crippen LogP) is 2.05. The zero-order valence-corrected chi connectivity index (χ0v) is 7.49. The van der Waals surface area contributed by atoms with Crippen LogP contribution < -0.4 is 0 Å². The maximum atomic E-state index is 10.8. The van der Waals surface area contributed by atoms with E-state index in [-0.39, 0.29) is 12.6 Å². The van der Waals surface area contributed by atoms with Gasteiger partial charge in [-0.25, -0.2) is 4.79 Å². The highest BCUT2D eigenvalue weighted by Gasteiger charge is 2.02. The number of rotatable bonds is 5. The summed E-state index contributed by atoms with van der Waals surface area (Å²) < 4.78 is 4.96. The Kier molecular flexibility index (Phi) is 4.05. The third-order valence-electron chi connectivity index (χ3n) is 1.39. The maximum Gasteiger partial charge on any atom is 0.342 e. The molecule has 0 bridgehead atoms. The van der Waals surface area contributed by atoms with Crippen molar-refractivity contribution in [3.05, 3.63) is 24.2 Å². The Labute approximate surface area is 76.4 Å². The van der Waals surface area contributed by atoms with Crippen LogP contribution in [0.2, 0.25) is 0 Å². The lowest BCUT2D eigenvalue weighted by Crippen LogP contribution is -2.04. The molecule has 0 aliphatic carbocycles. The van der Waals surface area contributed by atoms with E-state index in [0.29, 0.717) is 12.2 Å². The van der Waals surface area contributed by atoms with Gasteiger partial charge >= 0.3 is 5.97 Å². The minimum atomic E-state index is -0.353. The summed E-state index contributed by atoms with van der Waals surface area (Å²) in [5.41, 5.74) is 0. The maximum absolute atomic E-state index is 10.8. The van der Waals surface area contributed by atoms with Crippen LogP contribution in [-0.2, 0) is 21.2 Å². The monoisotopic (exact) mass is 184 g/mol. The zero-order valence-electron chi connectivity index (χ0n) is 7.49. The van der Waals surface area contributed by atoms with Gasteiger partial charge in [0.1, 0.15) is 5.76 Å². The molecule has 0 fully saturated rings. The molecule has 0 amide bonds. The number of carbonyl (C=O) groups excluding carboxylic acids is 1. The van der Waals surface area contributed by atoms with Gasteiger partial charge in [0, 0.05) is 6.42 Å². The van der Waals surface area contributed by atoms with Gasteiger partial charge in [-0.15, -0.1) is 0 Å². The lowest BCUT2D eigenvalue weighted by Gasteiger charge is -2.00. The largest absolute Gasteiger partial charge is 0.467 e. The van der Waals surface area contributed by atoms with Gasteiger partial charge < -0.3 is 4.42 Å². The molecule has 0 saturated heterocycles. The summed E-state index contributed by atoms with van der Waals surface area (Å²) in [5.74, 6) is 0.276. The smallest absolute Gasteiger partial charge is 0.342 e. The van der Waals surface area contributed by atoms with E-state index in [2.05, 4.69) is 9.78 Å². The topological polar surface area (TPSA) is 48.7 Å². The van der Waals surface area contributed by atoms with Gasteiger partial charge in [-0.05, 0) is 18.6 Å². The lowest BCUT2D eigenvalue weighted by molar-refractivity contribution is -0.282. The molecule has 0 N–H and O–H groups in total. The molecule has 0 atom stereocenters. The fraction of sp³-hybridized carbons (Fsp3) is 0.444. The second-order valence-corrected chi connectivity index (χ2v) is 2.55. The fourth-order valence-corrected chi connectivity index (χ4v) is 0.794. The van der Waals surface area contributed by atoms with Gasteiger partial charge in [-0.1, -0.05) is 6.92 Å². The first-order valence-electron chi connectivity index (χ1n) is 4.17. The van der Waals surface area contributed by atoms with Gasteiger partial charge in [0.2, 0.25) is 0 Å². The predicted molar refractivity (Wildman–Crippen MR) is 44.5 cm³/mol. The molecule has 0 radical (unpaired) electrons. The van der Waals surface area contributed by atoms with Gasteiger partial charge in [-0.3, -0.25) is 4.89 Å². The average molecular weight is 184 g/mol. The summed E-state index contributed by atoms with van der Waals surface area (Å²) in [6.07, 6.45) is 2.66. The molecule has 0 saturated carbocycles. The summed E-state index contributed by atoms with van der Waals surface area (Å²) in [5, 5.41) is 0. The van der Waals surface area contributed by atoms with Crippen molar-refractivity contribution in [1.29, 1.82) is 0 Å². The average Bonchev–Trinajstić information content (AvgIpc) is 2.57. The number of hydrogen-bond acceptors (Lipinski definition) is 4. The molecule has 0 aliphatic rings. The molecule has 13 heavy (non-hydrogen) atoms. The summed E-state index contributed by atoms with van der Waals surface area (Å²) >= 11 is 0. The summed E-state index contributed by atoms with van der Waals surface area (Å²) in [6, 6.07) is 3.49. The first-order chi connectivity index (χ1) is 6.33. The van der Waals surface area contributed by atoms with E-state index in [1.54, 1.807) is 12.1 Å². The molecule has 0 spiro atoms. The highest BCUT2D eigenvalue weighted by Crippen LogP contribution is 2.02. The SMILES string of the molecule is CCCC(=O)OOCc1ccco1. The van der Waals surface area contributed by atoms with Gasteiger partial charge in [0.25, 0.3) is 0 Å². The first kappa shape index (κ1) is 9.80. The van der Waals surface area contributed by atoms with Crippen molar-refractivity contribution >= 4 is 5.97 Å². The Morgan fingerprint density at radius 3 is 3.08 bits per heavy atom. The highest BCUT2D eigenvalue weighted by atomic mass is 17.2. The van der Waals surface area contributed by atoms with E-state index in [0.717, 1.165) is 6.42 Å². The quantitative estimate of drug-likeness (QED) is 0.519. The summed E-state index contributed by atoms with van der Waals surface area (Å²) in [6.45, 7) is 2.05. The molecule has 72 valence electrons. The molecule has 0 aliphatic heterocycles. The van der Waals surface area contributed by atoms with Crippen LogP contribution in [0.1, 0.15) is 25.5 Å². The fourth-order valence-electron chi connectivity index (χ4n) is 0.794. The van der Waals surface area contributed by atoms with E-state index >= 15 is 0 Å². The van der Waals surface area contributed by atoms with Gasteiger partial charge in [0.15, 0.2) is 6.61 Å². The third kappa shape index (κ3) is 3.75. The minimum absolute atomic E-state index is 0.155. The molecular formula is C9H12O4. The zero-order chi connectivity index (χ0) is 9.52. The minimum Gasteiger partial charge on any atom is -0.467 e. The Balaban J connectivity index is 2.11. The molecular weight excluding hydrogens is 172 g/mol. The van der Waals surface area contributed by atoms with E-state index in [1.165, 1.54) is 6.26 Å². The highest BCUT2D eigenvalue weighted by molar-refractivity contribution is 5.68. The van der Waals surface area contributed by atoms with E-state index in [9.17, 15) is 4.79 Å². The van der Waals surface area contributed by atoms with Crippen molar-refractivity contribution in [2.75, 3.05) is 0 Å². The van der Waals surface area contributed by atoms with Crippen molar-refractivity contribution in [3.63, 3.8) is 0 Å². The molecule has 0 unspecified atom stereocenters. The van der Waals surface area contributed by atoms with Crippen LogP contribution >= 0.6 is 0 Å². The molecule has 4 nitrogen and oxygen atoms in total. The lowest BCUT2D eigenvalue weighted by atomic mass is 10.3. The molecule has 0 aromatic carbocycles. The first-order valence-corrected chi connectivity index (χ1v) is 4.17. The summed E-state index contributed by atoms with van der Waals surface area (Å²) in [4.78, 5) is 19.9. The number of hydrogen-bond donors (Lipinski definition) is 0. The number of furan rings is 1. The third-order valence-corrected chi connectivity index (χ3v) is 1.39. The second-order valence-electron chi connectivity index (χ2n) is 2.55. The Bertz CT molecular complexity index is 240. The van der Waals surface area contributed by atoms with Crippen LogP contribution in [0.4, 0.5) is 0 Å². The van der Waals surface area contributed by atoms with Crippen LogP contribution in [0.3, 0.4) is 0 Å². The number of carbonyl (C=O) groups is 1. The normalized spacial score (nSPS) is 9.92. The Morgan fingerprint density at radius 1 is 1.62 bits per heavy atom. The second kappa shape index (κ2) is 5.37.